The number of rotatable bonds is 6. The molecule has 1 atom stereocenters. The van der Waals surface area contributed by atoms with Gasteiger partial charge in [-0.25, -0.2) is 9.50 Å². The van der Waals surface area contributed by atoms with Gasteiger partial charge in [-0.15, -0.1) is 0 Å². The van der Waals surface area contributed by atoms with Crippen LogP contribution in [0, 0.1) is 13.8 Å². The molecule has 36 heavy (non-hydrogen) atoms. The lowest BCUT2D eigenvalue weighted by Gasteiger charge is -2.30. The molecule has 190 valence electrons. The van der Waals surface area contributed by atoms with Crippen LogP contribution in [0.4, 0.5) is 0 Å². The molecular formula is C29H38N6O. The lowest BCUT2D eigenvalue weighted by molar-refractivity contribution is -0.123. The van der Waals surface area contributed by atoms with Gasteiger partial charge in [-0.2, -0.15) is 5.10 Å². The first-order chi connectivity index (χ1) is 17.3. The van der Waals surface area contributed by atoms with E-state index in [-0.39, 0.29) is 18.0 Å². The van der Waals surface area contributed by atoms with E-state index in [1.807, 2.05) is 18.5 Å². The van der Waals surface area contributed by atoms with Crippen molar-refractivity contribution in [2.24, 2.45) is 0 Å². The summed E-state index contributed by atoms with van der Waals surface area (Å²) in [5.41, 5.74) is 9.60. The van der Waals surface area contributed by atoms with Crippen molar-refractivity contribution in [1.29, 1.82) is 0 Å². The summed E-state index contributed by atoms with van der Waals surface area (Å²) in [5, 5.41) is 12.0. The van der Waals surface area contributed by atoms with E-state index in [2.05, 4.69) is 77.8 Å². The molecule has 4 aromatic rings. The van der Waals surface area contributed by atoms with Crippen LogP contribution in [0.3, 0.4) is 0 Å². The number of aromatic amines is 1. The Morgan fingerprint density at radius 2 is 1.86 bits per heavy atom. The van der Waals surface area contributed by atoms with Gasteiger partial charge >= 0.3 is 0 Å². The minimum atomic E-state index is -0.153. The van der Waals surface area contributed by atoms with E-state index in [1.165, 1.54) is 38.9 Å². The molecule has 1 aliphatic carbocycles. The molecule has 1 fully saturated rings. The largest absolute Gasteiger partial charge is 0.354 e. The zero-order valence-electron chi connectivity index (χ0n) is 22.3. The first kappa shape index (κ1) is 24.5. The van der Waals surface area contributed by atoms with E-state index in [9.17, 15) is 4.79 Å². The number of pyridine rings is 1. The predicted molar refractivity (Wildman–Crippen MR) is 146 cm³/mol. The highest BCUT2D eigenvalue weighted by Crippen LogP contribution is 2.40. The second kappa shape index (κ2) is 9.69. The number of fused-ring (bicyclic) bond motifs is 2. The lowest BCUT2D eigenvalue weighted by atomic mass is 9.81. The number of amides is 1. The summed E-state index contributed by atoms with van der Waals surface area (Å²) in [4.78, 5) is 20.5. The Bertz CT molecular complexity index is 1410. The molecule has 3 aromatic heterocycles. The van der Waals surface area contributed by atoms with Crippen LogP contribution in [0.2, 0.25) is 0 Å². The third-order valence-corrected chi connectivity index (χ3v) is 8.21. The van der Waals surface area contributed by atoms with Gasteiger partial charge < -0.3 is 15.6 Å². The van der Waals surface area contributed by atoms with Gasteiger partial charge in [0.2, 0.25) is 5.91 Å². The van der Waals surface area contributed by atoms with E-state index in [0.29, 0.717) is 11.8 Å². The quantitative estimate of drug-likeness (QED) is 0.342. The Kier molecular flexibility index (Phi) is 6.60. The maximum Gasteiger partial charge on any atom is 0.237 e. The smallest absolute Gasteiger partial charge is 0.237 e. The van der Waals surface area contributed by atoms with Crippen molar-refractivity contribution in [3.8, 4) is 11.3 Å². The summed E-state index contributed by atoms with van der Waals surface area (Å²) in [6.07, 6.45) is 7.97. The fourth-order valence-electron chi connectivity index (χ4n) is 5.78. The van der Waals surface area contributed by atoms with E-state index < -0.39 is 0 Å². The monoisotopic (exact) mass is 486 g/mol. The number of benzene rings is 1. The van der Waals surface area contributed by atoms with Gasteiger partial charge in [0.05, 0.1) is 11.7 Å². The highest BCUT2D eigenvalue weighted by molar-refractivity contribution is 5.92. The average Bonchev–Trinajstić information content (AvgIpc) is 3.50. The van der Waals surface area contributed by atoms with Gasteiger partial charge in [0.25, 0.3) is 0 Å². The molecule has 7 heteroatoms. The fraction of sp³-hybridized carbons (Fsp3) is 0.483. The molecule has 3 heterocycles. The predicted octanol–water partition coefficient (Wildman–Crippen LogP) is 5.37. The second-order valence-corrected chi connectivity index (χ2v) is 10.8. The number of carbonyl (C=O) groups excluding carboxylic acids is 1. The molecule has 3 N–H and O–H groups in total. The van der Waals surface area contributed by atoms with E-state index in [1.54, 1.807) is 6.33 Å². The number of hydrogen-bond donors (Lipinski definition) is 3. The zero-order chi connectivity index (χ0) is 25.6. The van der Waals surface area contributed by atoms with E-state index in [0.717, 1.165) is 36.9 Å². The highest BCUT2D eigenvalue weighted by Gasteiger charge is 2.26. The molecule has 1 unspecified atom stereocenters. The van der Waals surface area contributed by atoms with Crippen molar-refractivity contribution in [3.05, 3.63) is 53.0 Å². The molecule has 0 bridgehead atoms. The lowest BCUT2D eigenvalue weighted by Crippen LogP contribution is -2.46. The molecule has 1 aromatic carbocycles. The number of carbonyl (C=O) groups is 1. The number of aromatic nitrogens is 4. The number of aryl methyl sites for hydroxylation is 1. The number of H-pyrrole nitrogens is 1. The number of likely N-dealkylation sites (N-methyl/N-ethyl adjacent to an activating group) is 1. The van der Waals surface area contributed by atoms with Crippen molar-refractivity contribution in [2.45, 2.75) is 84.2 Å². The minimum absolute atomic E-state index is 0.0957. The molecule has 5 rings (SSSR count). The number of nitrogens with zero attached hydrogens (tertiary/aromatic N) is 3. The van der Waals surface area contributed by atoms with Crippen molar-refractivity contribution in [3.63, 3.8) is 0 Å². The fourth-order valence-corrected chi connectivity index (χ4v) is 5.78. The SMILES string of the molecule is CNC(C)C(=O)NC1CCC(c2ccc3[nH]c(-c4cn5ncnc5c(C)c4C)c(C(C)C)c3c2)CC1. The Labute approximate surface area is 213 Å². The van der Waals surface area contributed by atoms with Crippen molar-refractivity contribution in [1.82, 2.24) is 30.2 Å². The van der Waals surface area contributed by atoms with E-state index in [4.69, 9.17) is 0 Å². The maximum absolute atomic E-state index is 12.3. The first-order valence-electron chi connectivity index (χ1n) is 13.2. The molecule has 0 radical (unpaired) electrons. The second-order valence-electron chi connectivity index (χ2n) is 10.8. The van der Waals surface area contributed by atoms with Crippen LogP contribution in [0.1, 0.15) is 80.5 Å². The first-order valence-corrected chi connectivity index (χ1v) is 13.2. The van der Waals surface area contributed by atoms with Gasteiger partial charge in [0, 0.05) is 28.7 Å². The Morgan fingerprint density at radius 1 is 1.11 bits per heavy atom. The van der Waals surface area contributed by atoms with Crippen LogP contribution in [0.25, 0.3) is 27.8 Å². The summed E-state index contributed by atoms with van der Waals surface area (Å²) in [6, 6.07) is 7.07. The molecular weight excluding hydrogens is 448 g/mol. The van der Waals surface area contributed by atoms with Gasteiger partial charge in [0.15, 0.2) is 5.65 Å². The van der Waals surface area contributed by atoms with Crippen LogP contribution in [-0.2, 0) is 4.79 Å². The molecule has 1 amide bonds. The third-order valence-electron chi connectivity index (χ3n) is 8.21. The molecule has 0 spiro atoms. The summed E-state index contributed by atoms with van der Waals surface area (Å²) < 4.78 is 1.88. The summed E-state index contributed by atoms with van der Waals surface area (Å²) in [6.45, 7) is 10.7. The average molecular weight is 487 g/mol. The molecule has 1 aliphatic rings. The number of hydrogen-bond acceptors (Lipinski definition) is 4. The van der Waals surface area contributed by atoms with Gasteiger partial charge in [-0.05, 0) is 99.7 Å². The summed E-state index contributed by atoms with van der Waals surface area (Å²) in [7, 11) is 1.82. The Morgan fingerprint density at radius 3 is 2.56 bits per heavy atom. The van der Waals surface area contributed by atoms with Crippen molar-refractivity contribution < 1.29 is 4.79 Å². The molecule has 7 nitrogen and oxygen atoms in total. The summed E-state index contributed by atoms with van der Waals surface area (Å²) >= 11 is 0. The normalized spacial score (nSPS) is 19.3. The van der Waals surface area contributed by atoms with Crippen LogP contribution in [0.15, 0.2) is 30.7 Å². The zero-order valence-corrected chi connectivity index (χ0v) is 22.3. The third kappa shape index (κ3) is 4.30. The van der Waals surface area contributed by atoms with Crippen molar-refractivity contribution >= 4 is 22.5 Å². The Balaban J connectivity index is 1.45. The highest BCUT2D eigenvalue weighted by atomic mass is 16.2. The van der Waals surface area contributed by atoms with Crippen LogP contribution >= 0.6 is 0 Å². The van der Waals surface area contributed by atoms with Crippen molar-refractivity contribution in [2.75, 3.05) is 7.05 Å². The number of nitrogens with one attached hydrogen (secondary N) is 3. The van der Waals surface area contributed by atoms with Gasteiger partial charge in [-0.1, -0.05) is 19.9 Å². The van der Waals surface area contributed by atoms with Crippen LogP contribution in [0.5, 0.6) is 0 Å². The van der Waals surface area contributed by atoms with Crippen LogP contribution in [-0.4, -0.2) is 44.6 Å². The topological polar surface area (TPSA) is 87.1 Å². The molecule has 0 aliphatic heterocycles. The minimum Gasteiger partial charge on any atom is -0.354 e. The molecule has 0 saturated heterocycles. The molecule has 1 saturated carbocycles. The summed E-state index contributed by atoms with van der Waals surface area (Å²) in [5.74, 6) is 0.992. The van der Waals surface area contributed by atoms with Gasteiger partial charge in [-0.3, -0.25) is 4.79 Å². The maximum atomic E-state index is 12.3. The van der Waals surface area contributed by atoms with Gasteiger partial charge in [0.1, 0.15) is 6.33 Å². The Hall–Kier alpha value is -3.19. The standard InChI is InChI=1S/C29H38N6O/c1-16(2)26-23-13-21(20-7-10-22(11-8-20)33-29(36)19(5)30-6)9-12-25(23)34-27(26)24-14-35-28(31-15-32-35)18(4)17(24)3/h9,12-16,19-20,22,30,34H,7-8,10-11H2,1-6H3,(H,33,36). The van der Waals surface area contributed by atoms with Crippen LogP contribution < -0.4 is 10.6 Å². The van der Waals surface area contributed by atoms with E-state index >= 15 is 0 Å².